The third-order valence-electron chi connectivity index (χ3n) is 4.65. The molecule has 0 aliphatic heterocycles. The van der Waals surface area contributed by atoms with Crippen LogP contribution < -0.4 is 20.1 Å². The number of para-hydroxylation sites is 1. The zero-order valence-electron chi connectivity index (χ0n) is 18.2. The Balaban J connectivity index is 1.50. The predicted molar refractivity (Wildman–Crippen MR) is 126 cm³/mol. The molecule has 32 heavy (non-hydrogen) atoms. The molecule has 6 heteroatoms. The van der Waals surface area contributed by atoms with Gasteiger partial charge in [-0.15, -0.1) is 0 Å². The van der Waals surface area contributed by atoms with Gasteiger partial charge >= 0.3 is 0 Å². The molecule has 3 aromatic rings. The standard InChI is InChI=1S/C26H28N2O4/c1-2-3-7-17-31-24-15-13-20(14-16-24)26(30)28-22-10-8-9-21(18-22)27-25(29)19-32-23-11-5-4-6-12-23/h4-6,8-16,18H,2-3,7,17,19H2,1H3,(H,27,29)(H,28,30). The summed E-state index contributed by atoms with van der Waals surface area (Å²) in [7, 11) is 0. The van der Waals surface area contributed by atoms with Gasteiger partial charge in [0.2, 0.25) is 0 Å². The minimum atomic E-state index is -0.285. The number of anilines is 2. The molecule has 0 spiro atoms. The van der Waals surface area contributed by atoms with E-state index in [0.29, 0.717) is 29.3 Å². The van der Waals surface area contributed by atoms with E-state index in [1.165, 1.54) is 0 Å². The van der Waals surface area contributed by atoms with Crippen molar-refractivity contribution in [2.75, 3.05) is 23.8 Å². The Kier molecular flexibility index (Phi) is 8.69. The van der Waals surface area contributed by atoms with Crippen molar-refractivity contribution < 1.29 is 19.1 Å². The van der Waals surface area contributed by atoms with Gasteiger partial charge in [0.15, 0.2) is 6.61 Å². The number of nitrogens with one attached hydrogen (secondary N) is 2. The maximum Gasteiger partial charge on any atom is 0.262 e. The van der Waals surface area contributed by atoms with Gasteiger partial charge in [0.25, 0.3) is 11.8 Å². The molecule has 2 N–H and O–H groups in total. The first kappa shape index (κ1) is 22.9. The first-order chi connectivity index (χ1) is 15.6. The van der Waals surface area contributed by atoms with E-state index in [2.05, 4.69) is 17.6 Å². The molecule has 0 fully saturated rings. The Labute approximate surface area is 188 Å². The fourth-order valence-corrected chi connectivity index (χ4v) is 2.99. The van der Waals surface area contributed by atoms with Gasteiger partial charge in [0, 0.05) is 16.9 Å². The summed E-state index contributed by atoms with van der Waals surface area (Å²) in [6.07, 6.45) is 3.30. The first-order valence-electron chi connectivity index (χ1n) is 10.8. The Morgan fingerprint density at radius 3 is 2.16 bits per heavy atom. The fourth-order valence-electron chi connectivity index (χ4n) is 2.99. The molecule has 0 atom stereocenters. The summed E-state index contributed by atoms with van der Waals surface area (Å²) >= 11 is 0. The van der Waals surface area contributed by atoms with Crippen molar-refractivity contribution in [3.8, 4) is 11.5 Å². The maximum absolute atomic E-state index is 12.6. The fraction of sp³-hybridized carbons (Fsp3) is 0.231. The number of unbranched alkanes of at least 4 members (excludes halogenated alkanes) is 2. The maximum atomic E-state index is 12.6. The van der Waals surface area contributed by atoms with Crippen molar-refractivity contribution in [3.05, 3.63) is 84.4 Å². The summed E-state index contributed by atoms with van der Waals surface area (Å²) in [4.78, 5) is 24.7. The zero-order chi connectivity index (χ0) is 22.6. The Morgan fingerprint density at radius 1 is 0.750 bits per heavy atom. The molecule has 2 amide bonds. The highest BCUT2D eigenvalue weighted by atomic mass is 16.5. The van der Waals surface area contributed by atoms with Gasteiger partial charge in [-0.2, -0.15) is 0 Å². The van der Waals surface area contributed by atoms with Crippen molar-refractivity contribution in [2.45, 2.75) is 26.2 Å². The molecule has 3 aromatic carbocycles. The molecule has 0 radical (unpaired) electrons. The summed E-state index contributed by atoms with van der Waals surface area (Å²) in [5.74, 6) is 0.853. The Morgan fingerprint density at radius 2 is 1.44 bits per heavy atom. The number of hydrogen-bond donors (Lipinski definition) is 2. The van der Waals surface area contributed by atoms with Crippen LogP contribution >= 0.6 is 0 Å². The van der Waals surface area contributed by atoms with Crippen LogP contribution in [0.3, 0.4) is 0 Å². The number of hydrogen-bond acceptors (Lipinski definition) is 4. The molecule has 0 aliphatic carbocycles. The molecule has 0 heterocycles. The van der Waals surface area contributed by atoms with Gasteiger partial charge in [-0.3, -0.25) is 9.59 Å². The van der Waals surface area contributed by atoms with E-state index in [1.54, 1.807) is 60.7 Å². The Hall–Kier alpha value is -3.80. The number of benzene rings is 3. The molecule has 6 nitrogen and oxygen atoms in total. The predicted octanol–water partition coefficient (Wildman–Crippen LogP) is 5.53. The monoisotopic (exact) mass is 432 g/mol. The summed E-state index contributed by atoms with van der Waals surface area (Å²) < 4.78 is 11.1. The van der Waals surface area contributed by atoms with Crippen LogP contribution in [0.1, 0.15) is 36.5 Å². The highest BCUT2D eigenvalue weighted by molar-refractivity contribution is 6.04. The number of carbonyl (C=O) groups is 2. The van der Waals surface area contributed by atoms with E-state index in [0.717, 1.165) is 25.0 Å². The minimum Gasteiger partial charge on any atom is -0.494 e. The number of amides is 2. The normalized spacial score (nSPS) is 10.3. The lowest BCUT2D eigenvalue weighted by Gasteiger charge is -2.10. The van der Waals surface area contributed by atoms with Crippen molar-refractivity contribution in [2.24, 2.45) is 0 Å². The van der Waals surface area contributed by atoms with E-state index in [9.17, 15) is 9.59 Å². The van der Waals surface area contributed by atoms with Crippen LogP contribution in [-0.2, 0) is 4.79 Å². The molecule has 3 rings (SSSR count). The van der Waals surface area contributed by atoms with Crippen molar-refractivity contribution in [1.29, 1.82) is 0 Å². The summed E-state index contributed by atoms with van der Waals surface area (Å²) in [6.45, 7) is 2.72. The molecular weight excluding hydrogens is 404 g/mol. The number of carbonyl (C=O) groups excluding carboxylic acids is 2. The summed E-state index contributed by atoms with van der Waals surface area (Å²) in [6, 6.07) is 23.2. The van der Waals surface area contributed by atoms with Gasteiger partial charge < -0.3 is 20.1 Å². The van der Waals surface area contributed by atoms with Crippen LogP contribution in [0, 0.1) is 0 Å². The van der Waals surface area contributed by atoms with Crippen LogP contribution in [0.4, 0.5) is 11.4 Å². The highest BCUT2D eigenvalue weighted by Crippen LogP contribution is 2.18. The quantitative estimate of drug-likeness (QED) is 0.391. The smallest absolute Gasteiger partial charge is 0.262 e. The van der Waals surface area contributed by atoms with Crippen LogP contribution in [0.25, 0.3) is 0 Å². The molecule has 0 bridgehead atoms. The molecular formula is C26H28N2O4. The topological polar surface area (TPSA) is 76.7 Å². The summed E-state index contributed by atoms with van der Waals surface area (Å²) in [5, 5.41) is 5.62. The third kappa shape index (κ3) is 7.47. The lowest BCUT2D eigenvalue weighted by atomic mass is 10.2. The van der Waals surface area contributed by atoms with E-state index < -0.39 is 0 Å². The minimum absolute atomic E-state index is 0.104. The lowest BCUT2D eigenvalue weighted by molar-refractivity contribution is -0.118. The van der Waals surface area contributed by atoms with E-state index in [4.69, 9.17) is 9.47 Å². The zero-order valence-corrected chi connectivity index (χ0v) is 18.2. The van der Waals surface area contributed by atoms with Crippen LogP contribution in [0.2, 0.25) is 0 Å². The first-order valence-corrected chi connectivity index (χ1v) is 10.8. The number of rotatable bonds is 11. The molecule has 0 aliphatic rings. The van der Waals surface area contributed by atoms with Gasteiger partial charge in [0.1, 0.15) is 11.5 Å². The second-order valence-electron chi connectivity index (χ2n) is 7.26. The number of ether oxygens (including phenoxy) is 2. The van der Waals surface area contributed by atoms with E-state index >= 15 is 0 Å². The van der Waals surface area contributed by atoms with Gasteiger partial charge in [0.05, 0.1) is 6.61 Å². The van der Waals surface area contributed by atoms with E-state index in [-0.39, 0.29) is 18.4 Å². The largest absolute Gasteiger partial charge is 0.494 e. The van der Waals surface area contributed by atoms with E-state index in [1.807, 2.05) is 18.2 Å². The SMILES string of the molecule is CCCCCOc1ccc(C(=O)Nc2cccc(NC(=O)COc3ccccc3)c2)cc1. The second-order valence-corrected chi connectivity index (χ2v) is 7.26. The second kappa shape index (κ2) is 12.2. The van der Waals surface area contributed by atoms with Crippen molar-refractivity contribution >= 4 is 23.2 Å². The van der Waals surface area contributed by atoms with Crippen LogP contribution in [0.15, 0.2) is 78.9 Å². The third-order valence-corrected chi connectivity index (χ3v) is 4.65. The molecule has 0 unspecified atom stereocenters. The van der Waals surface area contributed by atoms with Gasteiger partial charge in [-0.1, -0.05) is 44.0 Å². The van der Waals surface area contributed by atoms with Crippen molar-refractivity contribution in [1.82, 2.24) is 0 Å². The van der Waals surface area contributed by atoms with Crippen LogP contribution in [0.5, 0.6) is 11.5 Å². The Bertz CT molecular complexity index is 1000. The van der Waals surface area contributed by atoms with Gasteiger partial charge in [-0.05, 0) is 61.0 Å². The van der Waals surface area contributed by atoms with Crippen LogP contribution in [-0.4, -0.2) is 25.0 Å². The molecule has 0 saturated carbocycles. The molecule has 166 valence electrons. The highest BCUT2D eigenvalue weighted by Gasteiger charge is 2.08. The lowest BCUT2D eigenvalue weighted by Crippen LogP contribution is -2.20. The molecule has 0 aromatic heterocycles. The summed E-state index contributed by atoms with van der Waals surface area (Å²) in [5.41, 5.74) is 1.67. The average molecular weight is 433 g/mol. The molecule has 0 saturated heterocycles. The van der Waals surface area contributed by atoms with Crippen molar-refractivity contribution in [3.63, 3.8) is 0 Å². The average Bonchev–Trinajstić information content (AvgIpc) is 2.82. The van der Waals surface area contributed by atoms with Gasteiger partial charge in [-0.25, -0.2) is 0 Å².